The third kappa shape index (κ3) is 3.80. The summed E-state index contributed by atoms with van der Waals surface area (Å²) in [6.07, 6.45) is -0.715. The van der Waals surface area contributed by atoms with E-state index in [1.165, 1.54) is 19.2 Å². The molecule has 7 rings (SSSR count). The van der Waals surface area contributed by atoms with Crippen molar-refractivity contribution in [3.63, 3.8) is 0 Å². The van der Waals surface area contributed by atoms with Gasteiger partial charge in [0, 0.05) is 5.56 Å². The van der Waals surface area contributed by atoms with Crippen LogP contribution in [0.2, 0.25) is 0 Å². The van der Waals surface area contributed by atoms with E-state index in [4.69, 9.17) is 38.4 Å². The van der Waals surface area contributed by atoms with Gasteiger partial charge in [0.2, 0.25) is 17.7 Å². The second-order valence-electron chi connectivity index (χ2n) is 10.5. The molecule has 0 saturated carbocycles. The molecule has 3 aromatic carbocycles. The molecule has 214 valence electrons. The van der Waals surface area contributed by atoms with Crippen LogP contribution in [-0.2, 0) is 33.7 Å². The molecular formula is C31H24Cl2N2O7. The summed E-state index contributed by atoms with van der Waals surface area (Å²) in [4.78, 5) is 64.3. The maximum Gasteiger partial charge on any atom is 0.330 e. The SMILES string of the molecule is COc1cccc(C(=O)COC(=O)[C@@H](CC(N)=O)N2C(=O)[C@H]3[C@H](C2=O)C2(Cl)c4ccccc4C3(Cl)c3ccccc32)c1. The number of rotatable bonds is 8. The number of ketones is 1. The Morgan fingerprint density at radius 2 is 1.36 bits per heavy atom. The lowest BCUT2D eigenvalue weighted by molar-refractivity contribution is -0.159. The zero-order chi connectivity index (χ0) is 30.0. The van der Waals surface area contributed by atoms with Crippen LogP contribution in [0.3, 0.4) is 0 Å². The van der Waals surface area contributed by atoms with Crippen molar-refractivity contribution in [2.45, 2.75) is 22.2 Å². The number of Topliss-reactive ketones (excluding diaryl/α,β-unsaturated/α-hetero) is 1. The normalized spacial score (nSPS) is 25.7. The summed E-state index contributed by atoms with van der Waals surface area (Å²) < 4.78 is 10.4. The fraction of sp³-hybridized carbons (Fsp3) is 0.258. The van der Waals surface area contributed by atoms with Crippen LogP contribution in [-0.4, -0.2) is 54.1 Å². The molecule has 0 unspecified atom stereocenters. The van der Waals surface area contributed by atoms with Crippen LogP contribution in [0.25, 0.3) is 0 Å². The van der Waals surface area contributed by atoms with Gasteiger partial charge in [-0.3, -0.25) is 24.1 Å². The van der Waals surface area contributed by atoms with E-state index in [1.54, 1.807) is 60.7 Å². The van der Waals surface area contributed by atoms with Crippen molar-refractivity contribution < 1.29 is 33.4 Å². The minimum Gasteiger partial charge on any atom is -0.497 e. The van der Waals surface area contributed by atoms with E-state index in [0.717, 1.165) is 0 Å². The van der Waals surface area contributed by atoms with Gasteiger partial charge < -0.3 is 15.2 Å². The number of carbonyl (C=O) groups excluding carboxylic acids is 5. The number of esters is 1. The summed E-state index contributed by atoms with van der Waals surface area (Å²) in [5, 5.41) is 0. The third-order valence-electron chi connectivity index (χ3n) is 8.33. The van der Waals surface area contributed by atoms with Crippen molar-refractivity contribution in [1.82, 2.24) is 4.90 Å². The van der Waals surface area contributed by atoms with E-state index in [1.807, 2.05) is 0 Å². The molecule has 3 aliphatic carbocycles. The Bertz CT molecular complexity index is 1570. The minimum absolute atomic E-state index is 0.216. The molecule has 0 radical (unpaired) electrons. The highest BCUT2D eigenvalue weighted by Gasteiger charge is 2.73. The van der Waals surface area contributed by atoms with Crippen molar-refractivity contribution >= 4 is 52.7 Å². The van der Waals surface area contributed by atoms with Crippen molar-refractivity contribution in [3.8, 4) is 5.75 Å². The highest BCUT2D eigenvalue weighted by molar-refractivity contribution is 6.36. The molecule has 0 aromatic heterocycles. The molecule has 1 heterocycles. The molecule has 4 aliphatic rings. The van der Waals surface area contributed by atoms with Crippen LogP contribution in [0.15, 0.2) is 72.8 Å². The summed E-state index contributed by atoms with van der Waals surface area (Å²) in [5.41, 5.74) is 8.00. The number of likely N-dealkylation sites (tertiary alicyclic amines) is 1. The predicted molar refractivity (Wildman–Crippen MR) is 151 cm³/mol. The van der Waals surface area contributed by atoms with E-state index in [9.17, 15) is 24.0 Å². The smallest absolute Gasteiger partial charge is 0.330 e. The van der Waals surface area contributed by atoms with Crippen molar-refractivity contribution in [2.75, 3.05) is 13.7 Å². The van der Waals surface area contributed by atoms with Gasteiger partial charge in [0.25, 0.3) is 0 Å². The van der Waals surface area contributed by atoms with Crippen molar-refractivity contribution in [2.24, 2.45) is 17.6 Å². The molecule has 42 heavy (non-hydrogen) atoms. The first-order valence-corrected chi connectivity index (χ1v) is 13.9. The maximum absolute atomic E-state index is 14.2. The molecule has 2 bridgehead atoms. The number of alkyl halides is 2. The van der Waals surface area contributed by atoms with E-state index >= 15 is 0 Å². The molecule has 1 fully saturated rings. The largest absolute Gasteiger partial charge is 0.497 e. The number of hydrogen-bond acceptors (Lipinski definition) is 7. The second kappa shape index (κ2) is 9.96. The van der Waals surface area contributed by atoms with Crippen LogP contribution >= 0.6 is 23.2 Å². The number of nitrogens with zero attached hydrogens (tertiary/aromatic N) is 1. The number of imide groups is 1. The number of primary amides is 1. The first-order valence-electron chi connectivity index (χ1n) is 13.1. The summed E-state index contributed by atoms with van der Waals surface area (Å²) in [5.74, 6) is -6.16. The minimum atomic E-state index is -1.72. The molecule has 0 spiro atoms. The number of nitrogens with two attached hydrogens (primary N) is 1. The standard InChI is InChI=1S/C31H24Cl2N2O7/c1-41-17-8-6-7-16(13-17)23(36)15-42-29(40)22(14-24(34)37)35-27(38)25-26(28(35)39)31(33)19-10-3-2-9-18(19)30(25,32)20-11-4-5-12-21(20)31/h2-13,22,25-26H,14-15H2,1H3,(H2,34,37)/t22-,25-,26-,30?,31?/m1/s1. The number of halogens is 2. The molecular weight excluding hydrogens is 583 g/mol. The highest BCUT2D eigenvalue weighted by Crippen LogP contribution is 2.69. The average Bonchev–Trinajstić information content (AvgIpc) is 3.27. The molecule has 1 aliphatic heterocycles. The molecule has 3 atom stereocenters. The van der Waals surface area contributed by atoms with Gasteiger partial charge in [-0.25, -0.2) is 4.79 Å². The van der Waals surface area contributed by atoms with E-state index < -0.39 is 70.1 Å². The van der Waals surface area contributed by atoms with E-state index in [2.05, 4.69) is 0 Å². The Kier molecular flexibility index (Phi) is 6.62. The number of hydrogen-bond donors (Lipinski definition) is 1. The van der Waals surface area contributed by atoms with Gasteiger partial charge >= 0.3 is 5.97 Å². The summed E-state index contributed by atoms with van der Waals surface area (Å²) >= 11 is 14.8. The van der Waals surface area contributed by atoms with Crippen molar-refractivity contribution in [3.05, 3.63) is 101 Å². The van der Waals surface area contributed by atoms with Gasteiger partial charge in [-0.2, -0.15) is 0 Å². The van der Waals surface area contributed by atoms with Gasteiger partial charge in [-0.05, 0) is 34.4 Å². The quantitative estimate of drug-likeness (QED) is 0.180. The average molecular weight is 607 g/mol. The van der Waals surface area contributed by atoms with Crippen LogP contribution in [0.1, 0.15) is 39.0 Å². The van der Waals surface area contributed by atoms with Crippen LogP contribution in [0.4, 0.5) is 0 Å². The number of benzene rings is 3. The summed E-state index contributed by atoms with van der Waals surface area (Å²) in [7, 11) is 1.44. The highest BCUT2D eigenvalue weighted by atomic mass is 35.5. The first-order chi connectivity index (χ1) is 20.0. The Morgan fingerprint density at radius 1 is 0.857 bits per heavy atom. The molecule has 3 amide bonds. The molecule has 11 heteroatoms. The van der Waals surface area contributed by atoms with Gasteiger partial charge in [0.1, 0.15) is 21.5 Å². The fourth-order valence-corrected chi connectivity index (χ4v) is 7.68. The lowest BCUT2D eigenvalue weighted by Crippen LogP contribution is -2.57. The predicted octanol–water partition coefficient (Wildman–Crippen LogP) is 3.26. The molecule has 1 saturated heterocycles. The monoisotopic (exact) mass is 606 g/mol. The number of methoxy groups -OCH3 is 1. The van der Waals surface area contributed by atoms with Gasteiger partial charge in [-0.15, -0.1) is 23.2 Å². The zero-order valence-corrected chi connectivity index (χ0v) is 23.7. The van der Waals surface area contributed by atoms with Crippen LogP contribution in [0.5, 0.6) is 5.75 Å². The van der Waals surface area contributed by atoms with E-state index in [0.29, 0.717) is 32.9 Å². The Hall–Kier alpha value is -4.21. The van der Waals surface area contributed by atoms with Gasteiger partial charge in [0.15, 0.2) is 12.4 Å². The van der Waals surface area contributed by atoms with Gasteiger partial charge in [0.05, 0.1) is 25.4 Å². The number of ether oxygens (including phenoxy) is 2. The van der Waals surface area contributed by atoms with Crippen LogP contribution < -0.4 is 10.5 Å². The van der Waals surface area contributed by atoms with Crippen LogP contribution in [0, 0.1) is 11.8 Å². The molecule has 3 aromatic rings. The summed E-state index contributed by atoms with van der Waals surface area (Å²) in [6, 6.07) is 18.7. The van der Waals surface area contributed by atoms with E-state index in [-0.39, 0.29) is 5.56 Å². The first kappa shape index (κ1) is 27.9. The Morgan fingerprint density at radius 3 is 1.81 bits per heavy atom. The maximum atomic E-state index is 14.2. The fourth-order valence-electron chi connectivity index (χ4n) is 6.58. The topological polar surface area (TPSA) is 133 Å². The molecule has 2 N–H and O–H groups in total. The lowest BCUT2D eigenvalue weighted by Gasteiger charge is -2.54. The lowest BCUT2D eigenvalue weighted by atomic mass is 9.54. The Labute approximate surface area is 250 Å². The van der Waals surface area contributed by atoms with Gasteiger partial charge in [-0.1, -0.05) is 60.7 Å². The Balaban J connectivity index is 1.37. The molecule has 9 nitrogen and oxygen atoms in total. The zero-order valence-electron chi connectivity index (χ0n) is 22.2. The third-order valence-corrected chi connectivity index (χ3v) is 9.62. The number of carbonyl (C=O) groups is 5. The van der Waals surface area contributed by atoms with Crippen molar-refractivity contribution in [1.29, 1.82) is 0 Å². The summed E-state index contributed by atoms with van der Waals surface area (Å²) in [6.45, 7) is -0.708. The number of amides is 3. The second-order valence-corrected chi connectivity index (χ2v) is 11.7.